The van der Waals surface area contributed by atoms with Gasteiger partial charge in [0.1, 0.15) is 0 Å². The zero-order chi connectivity index (χ0) is 89.7. The molecule has 0 heteroatoms. The molecule has 0 unspecified atom stereocenters. The molecule has 12 aromatic carbocycles. The van der Waals surface area contributed by atoms with Crippen LogP contribution in [0.2, 0.25) is 0 Å². The minimum absolute atomic E-state index is 0.190. The third kappa shape index (κ3) is 27.7. The Morgan fingerprint density at radius 1 is 0.110 bits per heavy atom. The number of fused-ring (bicyclic) bond motifs is 5. The molecule has 636 valence electrons. The molecule has 118 heavy (non-hydrogen) atoms. The standard InChI is InChI=1S/C22H26.3C18H24.3C14H22/c1-21(2,3)19-9-7-15-12-18-14-20(22(4,5)6)10-8-16(18)11-17(15)13-19;1-17(2,3)15-11-7-10-14-13(15)9-8-12-16(14)18(4,5)6;1-17(2,3)15-9-7-14-12-16(18(4,5)6)10-8-13(14)11-15;1-17(2,3)15-11-12-16(18(4,5)6)14-10-8-7-9-13(14)15;1-13(2,3)11-7-9-12(10-8-11)14(4,5)6;1-13(2,3)11-8-7-9-12(10-11)14(4,5)6;1-13(2,3)11-9-7-8-10-12(11)14(4,5)6/h7-14H,1-6H3;3*7-12H,1-6H3;3*7-10H,1-6H3. The highest BCUT2D eigenvalue weighted by Gasteiger charge is 2.28. The minimum Gasteiger partial charge on any atom is -0.0620 e. The molecule has 0 radical (unpaired) electrons. The highest BCUT2D eigenvalue weighted by atomic mass is 14.3. The smallest absolute Gasteiger partial charge is 0.0126 e. The largest absolute Gasteiger partial charge is 0.0620 e. The number of rotatable bonds is 0. The number of benzene rings is 12. The molecule has 0 aliphatic rings. The summed E-state index contributed by atoms with van der Waals surface area (Å²) in [4.78, 5) is 0. The van der Waals surface area contributed by atoms with E-state index < -0.39 is 0 Å². The van der Waals surface area contributed by atoms with Crippen LogP contribution >= 0.6 is 0 Å². The predicted octanol–water partition coefficient (Wildman–Crippen LogP) is 35.7. The molecule has 0 saturated heterocycles. The van der Waals surface area contributed by atoms with Crippen LogP contribution in [-0.4, -0.2) is 0 Å². The Labute approximate surface area is 724 Å². The van der Waals surface area contributed by atoms with E-state index in [4.69, 9.17) is 0 Å². The van der Waals surface area contributed by atoms with Gasteiger partial charge < -0.3 is 0 Å². The van der Waals surface area contributed by atoms with E-state index in [9.17, 15) is 0 Å². The highest BCUT2D eigenvalue weighted by molar-refractivity contribution is 5.99. The van der Waals surface area contributed by atoms with E-state index in [1.165, 1.54) is 132 Å². The molecule has 0 atom stereocenters. The first-order valence-corrected chi connectivity index (χ1v) is 44.3. The van der Waals surface area contributed by atoms with E-state index in [1.807, 2.05) is 0 Å². The van der Waals surface area contributed by atoms with Crippen LogP contribution in [0.5, 0.6) is 0 Å². The molecule has 0 aromatic heterocycles. The molecule has 0 aliphatic heterocycles. The summed E-state index contributed by atoms with van der Waals surface area (Å²) in [6, 6.07) is 85.6. The maximum absolute atomic E-state index is 2.34. The van der Waals surface area contributed by atoms with E-state index in [0.717, 1.165) is 0 Å². The molecule has 0 N–H and O–H groups in total. The van der Waals surface area contributed by atoms with Crippen molar-refractivity contribution in [3.8, 4) is 0 Å². The fraction of sp³-hybridized carbons (Fsp3) is 0.475. The topological polar surface area (TPSA) is 0 Å². The molecule has 0 amide bonds. The van der Waals surface area contributed by atoms with E-state index >= 15 is 0 Å². The summed E-state index contributed by atoms with van der Waals surface area (Å²) in [6.07, 6.45) is 0. The third-order valence-corrected chi connectivity index (χ3v) is 22.9. The Morgan fingerprint density at radius 3 is 0.508 bits per heavy atom. The SMILES string of the molecule is CC(C)(C)c1ccc(C(C)(C)C)c2ccccc12.CC(C)(C)c1ccc(C(C)(C)C)cc1.CC(C)(C)c1ccc2cc(C(C)(C)C)ccc2c1.CC(C)(C)c1ccc2cc3cc(C(C)(C)C)ccc3cc2c1.CC(C)(C)c1cccc(C(C)(C)C)c1.CC(C)(C)c1cccc2c(C(C)(C)C)cccc12.CC(C)(C)c1ccccc1C(C)(C)C. The highest BCUT2D eigenvalue weighted by Crippen LogP contribution is 2.41. The van der Waals surface area contributed by atoms with Crippen molar-refractivity contribution >= 4 is 53.9 Å². The molecule has 0 bridgehead atoms. The molecular weight excluding hydrogens is 1420 g/mol. The van der Waals surface area contributed by atoms with Crippen LogP contribution in [-0.2, 0) is 75.8 Å². The molecular formula is C118H164. The van der Waals surface area contributed by atoms with E-state index in [2.05, 4.69) is 521 Å². The van der Waals surface area contributed by atoms with Gasteiger partial charge in [0, 0.05) is 0 Å². The van der Waals surface area contributed by atoms with Crippen molar-refractivity contribution in [2.75, 3.05) is 0 Å². The van der Waals surface area contributed by atoms with Crippen molar-refractivity contribution < 1.29 is 0 Å². The minimum atomic E-state index is 0.190. The lowest BCUT2D eigenvalue weighted by Crippen LogP contribution is -2.21. The lowest BCUT2D eigenvalue weighted by atomic mass is 9.75. The second-order valence-corrected chi connectivity index (χ2v) is 48.4. The summed E-state index contributed by atoms with van der Waals surface area (Å²) in [7, 11) is 0. The van der Waals surface area contributed by atoms with Crippen molar-refractivity contribution in [3.05, 3.63) is 308 Å². The zero-order valence-corrected chi connectivity index (χ0v) is 82.9. The van der Waals surface area contributed by atoms with Gasteiger partial charge in [-0.15, -0.1) is 0 Å². The summed E-state index contributed by atoms with van der Waals surface area (Å²) in [5.74, 6) is 0. The molecule has 0 nitrogen and oxygen atoms in total. The van der Waals surface area contributed by atoms with Gasteiger partial charge in [-0.25, -0.2) is 0 Å². The summed E-state index contributed by atoms with van der Waals surface area (Å²) in [6.45, 7) is 95.3. The molecule has 12 aromatic rings. The Bertz CT molecular complexity index is 4890. The third-order valence-electron chi connectivity index (χ3n) is 22.9. The van der Waals surface area contributed by atoms with Crippen LogP contribution in [0.15, 0.2) is 231 Å². The Balaban J connectivity index is 0.000000215. The molecule has 0 aliphatic carbocycles. The van der Waals surface area contributed by atoms with Gasteiger partial charge in [0.25, 0.3) is 0 Å². The van der Waals surface area contributed by atoms with Crippen molar-refractivity contribution in [2.45, 2.75) is 367 Å². The zero-order valence-electron chi connectivity index (χ0n) is 82.9. The fourth-order valence-corrected chi connectivity index (χ4v) is 15.0. The van der Waals surface area contributed by atoms with E-state index in [0.29, 0.717) is 0 Å². The molecule has 12 rings (SSSR count). The lowest BCUT2D eigenvalue weighted by molar-refractivity contribution is 0.530. The summed E-state index contributed by atoms with van der Waals surface area (Å²) < 4.78 is 0. The average molecular weight is 1580 g/mol. The van der Waals surface area contributed by atoms with Crippen LogP contribution in [0.1, 0.15) is 369 Å². The first kappa shape index (κ1) is 98.8. The average Bonchev–Trinajstić information content (AvgIpc) is 0.776. The van der Waals surface area contributed by atoms with Crippen LogP contribution in [0, 0.1) is 0 Å². The first-order chi connectivity index (χ1) is 53.4. The summed E-state index contributed by atoms with van der Waals surface area (Å²) in [5, 5.41) is 13.6. The Hall–Kier alpha value is -8.06. The van der Waals surface area contributed by atoms with Gasteiger partial charge in [0.15, 0.2) is 0 Å². The van der Waals surface area contributed by atoms with Gasteiger partial charge >= 0.3 is 0 Å². The van der Waals surface area contributed by atoms with Crippen LogP contribution in [0.3, 0.4) is 0 Å². The summed E-state index contributed by atoms with van der Waals surface area (Å²) in [5.41, 5.74) is 23.0. The number of hydrogen-bond acceptors (Lipinski definition) is 0. The predicted molar refractivity (Wildman–Crippen MR) is 534 cm³/mol. The van der Waals surface area contributed by atoms with Crippen LogP contribution in [0.25, 0.3) is 53.9 Å². The van der Waals surface area contributed by atoms with Gasteiger partial charge in [-0.3, -0.25) is 0 Å². The van der Waals surface area contributed by atoms with Crippen LogP contribution in [0.4, 0.5) is 0 Å². The van der Waals surface area contributed by atoms with Gasteiger partial charge in [-0.2, -0.15) is 0 Å². The van der Waals surface area contributed by atoms with Crippen LogP contribution < -0.4 is 0 Å². The fourth-order valence-electron chi connectivity index (χ4n) is 15.0. The second kappa shape index (κ2) is 36.7. The quantitative estimate of drug-likeness (QED) is 0.133. The lowest BCUT2D eigenvalue weighted by Gasteiger charge is -2.29. The first-order valence-electron chi connectivity index (χ1n) is 44.3. The van der Waals surface area contributed by atoms with Gasteiger partial charge in [-0.05, 0) is 220 Å². The van der Waals surface area contributed by atoms with Gasteiger partial charge in [0.2, 0.25) is 0 Å². The molecule has 0 spiro atoms. The molecule has 0 saturated carbocycles. The maximum atomic E-state index is 2.34. The molecule has 0 fully saturated rings. The monoisotopic (exact) mass is 1580 g/mol. The second-order valence-electron chi connectivity index (χ2n) is 48.4. The Morgan fingerprint density at radius 2 is 0.280 bits per heavy atom. The van der Waals surface area contributed by atoms with E-state index in [1.54, 1.807) is 0 Å². The van der Waals surface area contributed by atoms with Crippen molar-refractivity contribution in [1.29, 1.82) is 0 Å². The van der Waals surface area contributed by atoms with Crippen molar-refractivity contribution in [3.63, 3.8) is 0 Å². The van der Waals surface area contributed by atoms with Gasteiger partial charge in [-0.1, -0.05) is 509 Å². The summed E-state index contributed by atoms with van der Waals surface area (Å²) >= 11 is 0. The Kier molecular flexibility index (Phi) is 30.7. The van der Waals surface area contributed by atoms with Gasteiger partial charge in [0.05, 0.1) is 0 Å². The normalized spacial score (nSPS) is 13.0. The number of hydrogen-bond donors (Lipinski definition) is 0. The molecule has 0 heterocycles. The maximum Gasteiger partial charge on any atom is -0.0126 e. The van der Waals surface area contributed by atoms with Crippen molar-refractivity contribution in [2.24, 2.45) is 0 Å². The van der Waals surface area contributed by atoms with E-state index in [-0.39, 0.29) is 75.8 Å². The van der Waals surface area contributed by atoms with Crippen molar-refractivity contribution in [1.82, 2.24) is 0 Å².